The zero-order chi connectivity index (χ0) is 9.30. The van der Waals surface area contributed by atoms with Crippen LogP contribution in [0, 0.1) is 13.8 Å². The molecular weight excluding hydrogens is 194 g/mol. The number of hydrogen-bond acceptors (Lipinski definition) is 3. The molecule has 0 saturated heterocycles. The SMILES string of the molecule is Cc1cc(C(N)C(=O)Cl)c(C)s1. The average Bonchev–Trinajstić information content (AvgIpc) is 2.28. The number of carbonyl (C=O) groups is 1. The lowest BCUT2D eigenvalue weighted by Gasteiger charge is -2.04. The van der Waals surface area contributed by atoms with Gasteiger partial charge in [-0.15, -0.1) is 11.3 Å². The molecule has 0 aliphatic rings. The molecule has 0 saturated carbocycles. The first kappa shape index (κ1) is 9.71. The van der Waals surface area contributed by atoms with Gasteiger partial charge in [0.15, 0.2) is 0 Å². The van der Waals surface area contributed by atoms with Crippen LogP contribution < -0.4 is 5.73 Å². The van der Waals surface area contributed by atoms with E-state index in [4.69, 9.17) is 17.3 Å². The number of rotatable bonds is 2. The Kier molecular flexibility index (Phi) is 2.88. The topological polar surface area (TPSA) is 43.1 Å². The fraction of sp³-hybridized carbons (Fsp3) is 0.375. The van der Waals surface area contributed by atoms with Gasteiger partial charge in [-0.3, -0.25) is 4.79 Å². The number of hydrogen-bond donors (Lipinski definition) is 1. The van der Waals surface area contributed by atoms with Crippen molar-refractivity contribution < 1.29 is 4.79 Å². The second-order valence-electron chi connectivity index (χ2n) is 2.65. The third-order valence-corrected chi connectivity index (χ3v) is 2.88. The number of carbonyl (C=O) groups excluding carboxylic acids is 1. The van der Waals surface area contributed by atoms with Gasteiger partial charge in [0.25, 0.3) is 0 Å². The van der Waals surface area contributed by atoms with Crippen LogP contribution in [0.3, 0.4) is 0 Å². The fourth-order valence-electron chi connectivity index (χ4n) is 1.08. The Bertz CT molecular complexity index is 308. The molecule has 0 fully saturated rings. The first-order valence-electron chi connectivity index (χ1n) is 3.54. The molecule has 2 N–H and O–H groups in total. The quantitative estimate of drug-likeness (QED) is 0.749. The Labute approximate surface area is 80.3 Å². The van der Waals surface area contributed by atoms with Crippen molar-refractivity contribution in [1.29, 1.82) is 0 Å². The molecule has 0 radical (unpaired) electrons. The molecule has 1 unspecified atom stereocenters. The molecule has 12 heavy (non-hydrogen) atoms. The molecule has 1 rings (SSSR count). The monoisotopic (exact) mass is 203 g/mol. The predicted molar refractivity (Wildman–Crippen MR) is 51.6 cm³/mol. The maximum atomic E-state index is 10.8. The molecule has 1 atom stereocenters. The van der Waals surface area contributed by atoms with Crippen molar-refractivity contribution in [3.05, 3.63) is 21.4 Å². The van der Waals surface area contributed by atoms with Crippen molar-refractivity contribution in [2.45, 2.75) is 19.9 Å². The number of halogens is 1. The van der Waals surface area contributed by atoms with Gasteiger partial charge in [0.1, 0.15) is 6.04 Å². The minimum Gasteiger partial charge on any atom is -0.317 e. The highest BCUT2D eigenvalue weighted by atomic mass is 35.5. The Morgan fingerprint density at radius 1 is 1.67 bits per heavy atom. The highest BCUT2D eigenvalue weighted by Crippen LogP contribution is 2.26. The minimum absolute atomic E-state index is 0.504. The summed E-state index contributed by atoms with van der Waals surface area (Å²) < 4.78 is 0. The lowest BCUT2D eigenvalue weighted by molar-refractivity contribution is -0.112. The van der Waals surface area contributed by atoms with Crippen LogP contribution in [0.25, 0.3) is 0 Å². The van der Waals surface area contributed by atoms with E-state index >= 15 is 0 Å². The van der Waals surface area contributed by atoms with Crippen molar-refractivity contribution in [2.24, 2.45) is 5.73 Å². The van der Waals surface area contributed by atoms with E-state index in [1.54, 1.807) is 11.3 Å². The van der Waals surface area contributed by atoms with Gasteiger partial charge in [0.05, 0.1) is 0 Å². The first-order chi connectivity index (χ1) is 5.52. The van der Waals surface area contributed by atoms with Crippen LogP contribution in [0.1, 0.15) is 21.4 Å². The Balaban J connectivity index is 3.02. The Morgan fingerprint density at radius 2 is 2.25 bits per heavy atom. The van der Waals surface area contributed by atoms with Crippen molar-refractivity contribution >= 4 is 28.2 Å². The van der Waals surface area contributed by atoms with E-state index in [-0.39, 0.29) is 0 Å². The van der Waals surface area contributed by atoms with Gasteiger partial charge in [-0.05, 0) is 37.1 Å². The van der Waals surface area contributed by atoms with Crippen LogP contribution in [0.2, 0.25) is 0 Å². The highest BCUT2D eigenvalue weighted by molar-refractivity contribution is 7.12. The zero-order valence-electron chi connectivity index (χ0n) is 6.93. The molecule has 0 aliphatic carbocycles. The maximum absolute atomic E-state index is 10.8. The van der Waals surface area contributed by atoms with Crippen molar-refractivity contribution in [3.63, 3.8) is 0 Å². The van der Waals surface area contributed by atoms with E-state index in [2.05, 4.69) is 0 Å². The summed E-state index contributed by atoms with van der Waals surface area (Å²) in [5.74, 6) is 0. The number of aryl methyl sites for hydroxylation is 2. The van der Waals surface area contributed by atoms with Gasteiger partial charge in [0.2, 0.25) is 5.24 Å². The average molecular weight is 204 g/mol. The van der Waals surface area contributed by atoms with Crippen molar-refractivity contribution in [3.8, 4) is 0 Å². The van der Waals surface area contributed by atoms with E-state index in [9.17, 15) is 4.79 Å². The summed E-state index contributed by atoms with van der Waals surface area (Å²) >= 11 is 6.91. The molecule has 1 heterocycles. The van der Waals surface area contributed by atoms with E-state index in [1.165, 1.54) is 0 Å². The normalized spacial score (nSPS) is 13.0. The molecule has 66 valence electrons. The first-order valence-corrected chi connectivity index (χ1v) is 4.73. The second kappa shape index (κ2) is 3.56. The van der Waals surface area contributed by atoms with Crippen LogP contribution in [-0.2, 0) is 4.79 Å². The van der Waals surface area contributed by atoms with Crippen molar-refractivity contribution in [1.82, 2.24) is 0 Å². The van der Waals surface area contributed by atoms with Gasteiger partial charge < -0.3 is 5.73 Å². The lowest BCUT2D eigenvalue weighted by atomic mass is 10.1. The Hall–Kier alpha value is -0.380. The molecule has 0 amide bonds. The molecule has 1 aromatic rings. The summed E-state index contributed by atoms with van der Waals surface area (Å²) in [5.41, 5.74) is 6.42. The number of nitrogens with two attached hydrogens (primary N) is 1. The van der Waals surface area contributed by atoms with Gasteiger partial charge in [-0.1, -0.05) is 0 Å². The van der Waals surface area contributed by atoms with Crippen LogP contribution in [0.5, 0.6) is 0 Å². The molecular formula is C8H10ClNOS. The zero-order valence-corrected chi connectivity index (χ0v) is 8.50. The van der Waals surface area contributed by atoms with Gasteiger partial charge in [0, 0.05) is 9.75 Å². The molecule has 0 aliphatic heterocycles. The summed E-state index contributed by atoms with van der Waals surface area (Å²) in [4.78, 5) is 13.0. The van der Waals surface area contributed by atoms with E-state index in [1.807, 2.05) is 19.9 Å². The van der Waals surface area contributed by atoms with Crippen LogP contribution >= 0.6 is 22.9 Å². The molecule has 4 heteroatoms. The van der Waals surface area contributed by atoms with Crippen LogP contribution in [0.15, 0.2) is 6.07 Å². The summed E-state index contributed by atoms with van der Waals surface area (Å²) in [7, 11) is 0. The molecule has 1 aromatic heterocycles. The van der Waals surface area contributed by atoms with Gasteiger partial charge >= 0.3 is 0 Å². The summed E-state index contributed by atoms with van der Waals surface area (Å²) in [6.45, 7) is 3.92. The Morgan fingerprint density at radius 3 is 2.58 bits per heavy atom. The van der Waals surface area contributed by atoms with Gasteiger partial charge in [-0.25, -0.2) is 0 Å². The van der Waals surface area contributed by atoms with E-state index in [0.717, 1.165) is 15.3 Å². The summed E-state index contributed by atoms with van der Waals surface area (Å²) in [6.07, 6.45) is 0. The maximum Gasteiger partial charge on any atom is 0.242 e. The highest BCUT2D eigenvalue weighted by Gasteiger charge is 2.16. The smallest absolute Gasteiger partial charge is 0.242 e. The number of thiophene rings is 1. The summed E-state index contributed by atoms with van der Waals surface area (Å²) in [5, 5.41) is -0.504. The molecule has 0 aromatic carbocycles. The predicted octanol–water partition coefficient (Wildman–Crippen LogP) is 2.13. The fourth-order valence-corrected chi connectivity index (χ4v) is 2.17. The molecule has 0 spiro atoms. The van der Waals surface area contributed by atoms with Gasteiger partial charge in [-0.2, -0.15) is 0 Å². The third kappa shape index (κ3) is 1.86. The van der Waals surface area contributed by atoms with E-state index < -0.39 is 11.3 Å². The minimum atomic E-state index is -0.670. The second-order valence-corrected chi connectivity index (χ2v) is 4.48. The third-order valence-electron chi connectivity index (χ3n) is 1.66. The molecule has 0 bridgehead atoms. The van der Waals surface area contributed by atoms with Crippen LogP contribution in [0.4, 0.5) is 0 Å². The van der Waals surface area contributed by atoms with Crippen molar-refractivity contribution in [2.75, 3.05) is 0 Å². The lowest BCUT2D eigenvalue weighted by Crippen LogP contribution is -2.16. The molecule has 2 nitrogen and oxygen atoms in total. The van der Waals surface area contributed by atoms with Crippen LogP contribution in [-0.4, -0.2) is 5.24 Å². The largest absolute Gasteiger partial charge is 0.317 e. The summed E-state index contributed by atoms with van der Waals surface area (Å²) in [6, 6.07) is 1.24. The standard InChI is InChI=1S/C8H10ClNOS/c1-4-3-6(5(2)12-4)7(10)8(9)11/h3,7H,10H2,1-2H3. The van der Waals surface area contributed by atoms with E-state index in [0.29, 0.717) is 0 Å².